The number of hydrogen-bond donors (Lipinski definition) is 3. The van der Waals surface area contributed by atoms with Gasteiger partial charge in [-0.15, -0.1) is 0 Å². The molecule has 4 N–H and O–H groups in total. The number of carboxylic acids is 1. The number of carbonyl (C=O) groups is 2. The summed E-state index contributed by atoms with van der Waals surface area (Å²) in [5.41, 5.74) is 7.40. The van der Waals surface area contributed by atoms with Gasteiger partial charge in [0.2, 0.25) is 5.91 Å². The van der Waals surface area contributed by atoms with Crippen LogP contribution in [0.1, 0.15) is 61.0 Å². The van der Waals surface area contributed by atoms with Gasteiger partial charge in [-0.05, 0) is 64.0 Å². The van der Waals surface area contributed by atoms with Gasteiger partial charge in [-0.2, -0.15) is 0 Å². The van der Waals surface area contributed by atoms with Crippen molar-refractivity contribution in [1.82, 2.24) is 10.3 Å². The Bertz CT molecular complexity index is 981. The average Bonchev–Trinajstić information content (AvgIpc) is 2.68. The zero-order valence-electron chi connectivity index (χ0n) is 17.7. The van der Waals surface area contributed by atoms with E-state index in [0.29, 0.717) is 22.3 Å². The summed E-state index contributed by atoms with van der Waals surface area (Å²) in [6, 6.07) is 5.55. The van der Waals surface area contributed by atoms with Gasteiger partial charge < -0.3 is 25.6 Å². The largest absolute Gasteiger partial charge is 0.490 e. The Morgan fingerprint density at radius 3 is 2.55 bits per heavy atom. The van der Waals surface area contributed by atoms with Crippen molar-refractivity contribution in [2.75, 3.05) is 12.3 Å². The molecule has 8 heteroatoms. The molecular formula is C23H29N3O5. The Balaban J connectivity index is 1.37. The molecule has 166 valence electrons. The van der Waals surface area contributed by atoms with Gasteiger partial charge in [0, 0.05) is 6.04 Å². The number of anilines is 1. The van der Waals surface area contributed by atoms with Crippen LogP contribution in [0.15, 0.2) is 18.2 Å². The quantitative estimate of drug-likeness (QED) is 0.620. The summed E-state index contributed by atoms with van der Waals surface area (Å²) in [7, 11) is 0. The SMILES string of the molecule is Cc1nc2cccc(O[C@H]3CC[C@H](NC(=O)COC4CCC4)CC3)c2c(N)c1C(=O)O. The molecule has 8 nitrogen and oxygen atoms in total. The average molecular weight is 428 g/mol. The summed E-state index contributed by atoms with van der Waals surface area (Å²) in [5, 5.41) is 13.1. The number of benzene rings is 1. The Hall–Kier alpha value is -2.87. The van der Waals surface area contributed by atoms with Gasteiger partial charge >= 0.3 is 5.97 Å². The number of amides is 1. The number of ether oxygens (including phenoxy) is 2. The summed E-state index contributed by atoms with van der Waals surface area (Å²) in [6.07, 6.45) is 6.73. The molecule has 2 aliphatic carbocycles. The molecular weight excluding hydrogens is 398 g/mol. The fourth-order valence-electron chi connectivity index (χ4n) is 4.31. The van der Waals surface area contributed by atoms with Gasteiger partial charge in [0.25, 0.3) is 0 Å². The van der Waals surface area contributed by atoms with Crippen LogP contribution in [0.4, 0.5) is 5.69 Å². The lowest BCUT2D eigenvalue weighted by Crippen LogP contribution is -2.42. The van der Waals surface area contributed by atoms with E-state index in [2.05, 4.69) is 10.3 Å². The number of nitrogens with one attached hydrogen (secondary N) is 1. The van der Waals surface area contributed by atoms with Gasteiger partial charge in [-0.3, -0.25) is 9.78 Å². The summed E-state index contributed by atoms with van der Waals surface area (Å²) >= 11 is 0. The second-order valence-corrected chi connectivity index (χ2v) is 8.46. The Morgan fingerprint density at radius 1 is 1.16 bits per heavy atom. The molecule has 2 saturated carbocycles. The lowest BCUT2D eigenvalue weighted by atomic mass is 9.92. The number of rotatable bonds is 7. The van der Waals surface area contributed by atoms with Crippen molar-refractivity contribution in [2.24, 2.45) is 0 Å². The van der Waals surface area contributed by atoms with Gasteiger partial charge in [0.05, 0.1) is 34.5 Å². The number of aromatic nitrogens is 1. The number of fused-ring (bicyclic) bond motifs is 1. The van der Waals surface area contributed by atoms with Crippen LogP contribution in [0.2, 0.25) is 0 Å². The maximum absolute atomic E-state index is 12.1. The minimum atomic E-state index is -1.10. The first-order valence-electron chi connectivity index (χ1n) is 10.9. The molecule has 0 aliphatic heterocycles. The van der Waals surface area contributed by atoms with E-state index in [1.165, 1.54) is 6.42 Å². The number of pyridine rings is 1. The van der Waals surface area contributed by atoms with Gasteiger partial charge in [0.15, 0.2) is 0 Å². The van der Waals surface area contributed by atoms with Crippen LogP contribution in [-0.2, 0) is 9.53 Å². The zero-order chi connectivity index (χ0) is 22.0. The number of aromatic carboxylic acids is 1. The van der Waals surface area contributed by atoms with Crippen molar-refractivity contribution in [1.29, 1.82) is 0 Å². The highest BCUT2D eigenvalue weighted by Gasteiger charge is 2.26. The van der Waals surface area contributed by atoms with Crippen LogP contribution in [0.5, 0.6) is 5.75 Å². The predicted octanol–water partition coefficient (Wildman–Crippen LogP) is 3.20. The smallest absolute Gasteiger partial charge is 0.339 e. The highest BCUT2D eigenvalue weighted by atomic mass is 16.5. The molecule has 0 saturated heterocycles. The number of aryl methyl sites for hydroxylation is 1. The van der Waals surface area contributed by atoms with Crippen LogP contribution in [0, 0.1) is 6.92 Å². The molecule has 1 amide bonds. The van der Waals surface area contributed by atoms with Crippen LogP contribution < -0.4 is 15.8 Å². The molecule has 31 heavy (non-hydrogen) atoms. The fraction of sp³-hybridized carbons (Fsp3) is 0.522. The second-order valence-electron chi connectivity index (χ2n) is 8.46. The number of carboxylic acid groups (broad SMARTS) is 1. The molecule has 2 fully saturated rings. The standard InChI is InChI=1S/C23H29N3O5/c1-13-20(23(28)29)22(24)21-17(25-13)6-3-7-18(21)31-16-10-8-14(9-11-16)26-19(27)12-30-15-4-2-5-15/h3,6-7,14-16H,2,4-5,8-12H2,1H3,(H2,24,25)(H,26,27)(H,28,29)/t14-,16-. The van der Waals surface area contributed by atoms with E-state index in [1.807, 2.05) is 6.07 Å². The van der Waals surface area contributed by atoms with Crippen LogP contribution in [-0.4, -0.2) is 46.8 Å². The van der Waals surface area contributed by atoms with E-state index in [1.54, 1.807) is 19.1 Å². The van der Waals surface area contributed by atoms with E-state index in [0.717, 1.165) is 38.5 Å². The van der Waals surface area contributed by atoms with Crippen molar-refractivity contribution < 1.29 is 24.2 Å². The lowest BCUT2D eigenvalue weighted by molar-refractivity contribution is -0.130. The topological polar surface area (TPSA) is 124 Å². The third-order valence-electron chi connectivity index (χ3n) is 6.24. The van der Waals surface area contributed by atoms with Crippen LogP contribution >= 0.6 is 0 Å². The number of carbonyl (C=O) groups excluding carboxylic acids is 1. The fourth-order valence-corrected chi connectivity index (χ4v) is 4.31. The lowest BCUT2D eigenvalue weighted by Gasteiger charge is -2.30. The molecule has 0 bridgehead atoms. The molecule has 0 unspecified atom stereocenters. The molecule has 0 atom stereocenters. The number of hydrogen-bond acceptors (Lipinski definition) is 6. The third kappa shape index (κ3) is 4.74. The Labute approximate surface area is 181 Å². The monoisotopic (exact) mass is 427 g/mol. The Kier molecular flexibility index (Phi) is 6.27. The van der Waals surface area contributed by atoms with Gasteiger partial charge in [-0.25, -0.2) is 4.79 Å². The summed E-state index contributed by atoms with van der Waals surface area (Å²) in [6.45, 7) is 1.77. The number of nitrogens with zero attached hydrogens (tertiary/aromatic N) is 1. The van der Waals surface area contributed by atoms with Crippen molar-refractivity contribution in [3.63, 3.8) is 0 Å². The minimum Gasteiger partial charge on any atom is -0.490 e. The van der Waals surface area contributed by atoms with Crippen LogP contribution in [0.3, 0.4) is 0 Å². The molecule has 4 rings (SSSR count). The first-order valence-corrected chi connectivity index (χ1v) is 10.9. The first kappa shape index (κ1) is 21.4. The van der Waals surface area contributed by atoms with E-state index in [4.69, 9.17) is 15.2 Å². The van der Waals surface area contributed by atoms with E-state index in [9.17, 15) is 14.7 Å². The van der Waals surface area contributed by atoms with Gasteiger partial charge in [-0.1, -0.05) is 6.07 Å². The van der Waals surface area contributed by atoms with E-state index in [-0.39, 0.29) is 42.0 Å². The van der Waals surface area contributed by atoms with Crippen molar-refractivity contribution >= 4 is 28.5 Å². The molecule has 2 aromatic rings. The molecule has 0 radical (unpaired) electrons. The van der Waals surface area contributed by atoms with Crippen molar-refractivity contribution in [2.45, 2.75) is 70.1 Å². The van der Waals surface area contributed by atoms with Gasteiger partial charge in [0.1, 0.15) is 17.9 Å². The second kappa shape index (κ2) is 9.09. The summed E-state index contributed by atoms with van der Waals surface area (Å²) in [5.74, 6) is -0.608. The molecule has 1 aromatic heterocycles. The molecule has 0 spiro atoms. The number of nitrogens with two attached hydrogens (primary N) is 1. The predicted molar refractivity (Wildman–Crippen MR) is 116 cm³/mol. The third-order valence-corrected chi connectivity index (χ3v) is 6.24. The molecule has 2 aliphatic rings. The summed E-state index contributed by atoms with van der Waals surface area (Å²) in [4.78, 5) is 28.1. The molecule has 1 heterocycles. The number of nitrogen functional groups attached to an aromatic ring is 1. The van der Waals surface area contributed by atoms with Crippen molar-refractivity contribution in [3.8, 4) is 5.75 Å². The Morgan fingerprint density at radius 2 is 1.90 bits per heavy atom. The van der Waals surface area contributed by atoms with Crippen LogP contribution in [0.25, 0.3) is 10.9 Å². The zero-order valence-corrected chi connectivity index (χ0v) is 17.7. The first-order chi connectivity index (χ1) is 14.9. The molecule has 1 aromatic carbocycles. The van der Waals surface area contributed by atoms with E-state index < -0.39 is 5.97 Å². The highest BCUT2D eigenvalue weighted by Crippen LogP contribution is 2.35. The normalized spacial score (nSPS) is 21.5. The minimum absolute atomic E-state index is 0.0130. The van der Waals surface area contributed by atoms with Crippen molar-refractivity contribution in [3.05, 3.63) is 29.5 Å². The maximum atomic E-state index is 12.1. The van der Waals surface area contributed by atoms with E-state index >= 15 is 0 Å². The summed E-state index contributed by atoms with van der Waals surface area (Å²) < 4.78 is 11.8. The highest BCUT2D eigenvalue weighted by molar-refractivity contribution is 6.06. The maximum Gasteiger partial charge on any atom is 0.339 e.